The van der Waals surface area contributed by atoms with Crippen molar-refractivity contribution in [1.29, 1.82) is 0 Å². The van der Waals surface area contributed by atoms with Gasteiger partial charge in [-0.15, -0.1) is 0 Å². The van der Waals surface area contributed by atoms with E-state index in [1.54, 1.807) is 0 Å². The first-order valence-corrected chi connectivity index (χ1v) is 7.21. The van der Waals surface area contributed by atoms with Crippen LogP contribution in [0.25, 0.3) is 0 Å². The van der Waals surface area contributed by atoms with Crippen molar-refractivity contribution in [1.82, 2.24) is 4.90 Å². The largest absolute Gasteiger partial charge is 0.373 e. The fourth-order valence-corrected chi connectivity index (χ4v) is 2.69. The Balaban J connectivity index is 2.15. The van der Waals surface area contributed by atoms with Crippen molar-refractivity contribution in [3.8, 4) is 0 Å². The second-order valence-electron chi connectivity index (χ2n) is 4.98. The summed E-state index contributed by atoms with van der Waals surface area (Å²) in [5, 5.41) is 0. The van der Waals surface area contributed by atoms with Gasteiger partial charge in [-0.05, 0) is 37.6 Å². The molecule has 0 radical (unpaired) electrons. The Labute approximate surface area is 122 Å². The van der Waals surface area contributed by atoms with Gasteiger partial charge >= 0.3 is 0 Å². The monoisotopic (exact) mass is 326 g/mol. The van der Waals surface area contributed by atoms with Gasteiger partial charge < -0.3 is 15.4 Å². The van der Waals surface area contributed by atoms with Gasteiger partial charge in [0.1, 0.15) is 0 Å². The molecule has 2 N–H and O–H groups in total. The second-order valence-corrected chi connectivity index (χ2v) is 5.89. The third-order valence-corrected chi connectivity index (χ3v) is 3.88. The van der Waals surface area contributed by atoms with Crippen molar-refractivity contribution in [3.05, 3.63) is 33.8 Å². The number of aryl methyl sites for hydroxylation is 1. The normalized spacial score (nSPS) is 21.3. The van der Waals surface area contributed by atoms with Crippen molar-refractivity contribution < 1.29 is 9.53 Å². The summed E-state index contributed by atoms with van der Waals surface area (Å²) in [4.78, 5) is 14.3. The molecular weight excluding hydrogens is 308 g/mol. The molecule has 5 heteroatoms. The van der Waals surface area contributed by atoms with Gasteiger partial charge in [0.25, 0.3) is 5.91 Å². The quantitative estimate of drug-likeness (QED) is 0.903. The number of morpholine rings is 1. The van der Waals surface area contributed by atoms with Crippen LogP contribution >= 0.6 is 15.9 Å². The molecule has 2 atom stereocenters. The number of hydrogen-bond donors (Lipinski definition) is 1. The van der Waals surface area contributed by atoms with Crippen molar-refractivity contribution in [2.45, 2.75) is 26.0 Å². The summed E-state index contributed by atoms with van der Waals surface area (Å²) in [6, 6.07) is 5.64. The van der Waals surface area contributed by atoms with Crippen molar-refractivity contribution >= 4 is 21.8 Å². The predicted molar refractivity (Wildman–Crippen MR) is 78.2 cm³/mol. The number of benzene rings is 1. The Kier molecular flexibility index (Phi) is 4.60. The first kappa shape index (κ1) is 14.5. The minimum Gasteiger partial charge on any atom is -0.373 e. The van der Waals surface area contributed by atoms with Crippen LogP contribution in [0.5, 0.6) is 0 Å². The number of carbonyl (C=O) groups is 1. The van der Waals surface area contributed by atoms with Gasteiger partial charge in [0, 0.05) is 29.2 Å². The van der Waals surface area contributed by atoms with E-state index in [4.69, 9.17) is 10.5 Å². The summed E-state index contributed by atoms with van der Waals surface area (Å²) in [6.45, 7) is 5.59. The van der Waals surface area contributed by atoms with E-state index in [9.17, 15) is 4.79 Å². The minimum atomic E-state index is -0.0755. The highest BCUT2D eigenvalue weighted by Crippen LogP contribution is 2.19. The Morgan fingerprint density at radius 2 is 2.32 bits per heavy atom. The van der Waals surface area contributed by atoms with Crippen LogP contribution in [0.4, 0.5) is 0 Å². The summed E-state index contributed by atoms with van der Waals surface area (Å²) in [5.74, 6) is 0.0546. The molecule has 0 aromatic heterocycles. The van der Waals surface area contributed by atoms with Crippen LogP contribution in [0.2, 0.25) is 0 Å². The molecule has 0 spiro atoms. The van der Waals surface area contributed by atoms with E-state index in [1.165, 1.54) is 0 Å². The van der Waals surface area contributed by atoms with Gasteiger partial charge in [0.2, 0.25) is 0 Å². The van der Waals surface area contributed by atoms with E-state index in [0.29, 0.717) is 19.7 Å². The zero-order valence-corrected chi connectivity index (χ0v) is 12.8. The Hall–Kier alpha value is -0.910. The van der Waals surface area contributed by atoms with Gasteiger partial charge in [0.05, 0.1) is 12.7 Å². The molecular formula is C14H19BrN2O2. The summed E-state index contributed by atoms with van der Waals surface area (Å²) < 4.78 is 6.56. The molecule has 0 aliphatic carbocycles. The molecule has 1 aliphatic heterocycles. The predicted octanol–water partition coefficient (Wildman–Crippen LogP) is 1.95. The van der Waals surface area contributed by atoms with Gasteiger partial charge in [0.15, 0.2) is 0 Å². The van der Waals surface area contributed by atoms with Crippen LogP contribution in [-0.2, 0) is 4.74 Å². The molecule has 1 fully saturated rings. The van der Waals surface area contributed by atoms with Crippen molar-refractivity contribution in [2.24, 2.45) is 5.73 Å². The van der Waals surface area contributed by atoms with Gasteiger partial charge in [-0.1, -0.05) is 15.9 Å². The lowest BCUT2D eigenvalue weighted by Gasteiger charge is -2.35. The zero-order chi connectivity index (χ0) is 14.0. The molecule has 104 valence electrons. The van der Waals surface area contributed by atoms with Gasteiger partial charge in [-0.3, -0.25) is 4.79 Å². The Bertz CT molecular complexity index is 477. The number of nitrogens with two attached hydrogens (primary N) is 1. The molecule has 1 amide bonds. The van der Waals surface area contributed by atoms with E-state index < -0.39 is 0 Å². The summed E-state index contributed by atoms with van der Waals surface area (Å²) in [5.41, 5.74) is 7.57. The first-order valence-electron chi connectivity index (χ1n) is 6.41. The van der Waals surface area contributed by atoms with E-state index >= 15 is 0 Å². The molecule has 0 saturated carbocycles. The highest BCUT2D eigenvalue weighted by molar-refractivity contribution is 9.10. The van der Waals surface area contributed by atoms with Crippen molar-refractivity contribution in [2.75, 3.05) is 19.7 Å². The molecule has 4 nitrogen and oxygen atoms in total. The molecule has 2 unspecified atom stereocenters. The Morgan fingerprint density at radius 1 is 1.58 bits per heavy atom. The molecule has 0 bridgehead atoms. The average Bonchev–Trinajstić information content (AvgIpc) is 2.38. The minimum absolute atomic E-state index is 0.0546. The van der Waals surface area contributed by atoms with E-state index in [1.807, 2.05) is 36.9 Å². The Morgan fingerprint density at radius 3 is 2.95 bits per heavy atom. The lowest BCUT2D eigenvalue weighted by Crippen LogP contribution is -2.51. The molecule has 1 heterocycles. The highest BCUT2D eigenvalue weighted by Gasteiger charge is 2.27. The smallest absolute Gasteiger partial charge is 0.254 e. The molecule has 1 aromatic rings. The molecule has 1 saturated heterocycles. The van der Waals surface area contributed by atoms with Crippen LogP contribution in [-0.4, -0.2) is 42.6 Å². The highest BCUT2D eigenvalue weighted by atomic mass is 79.9. The zero-order valence-electron chi connectivity index (χ0n) is 11.2. The number of halogens is 1. The summed E-state index contributed by atoms with van der Waals surface area (Å²) >= 11 is 3.41. The third-order valence-electron chi connectivity index (χ3n) is 3.39. The standard InChI is InChI=1S/C14H19BrN2O2/c1-9-7-11(15)3-4-12(9)14(18)17-5-6-19-13(8-17)10(2)16/h3-4,7,10,13H,5-6,8,16H2,1-2H3. The second kappa shape index (κ2) is 6.03. The van der Waals surface area contributed by atoms with Crippen LogP contribution in [0, 0.1) is 6.92 Å². The molecule has 2 rings (SSSR count). The van der Waals surface area contributed by atoms with Crippen molar-refractivity contribution in [3.63, 3.8) is 0 Å². The van der Waals surface area contributed by atoms with E-state index in [0.717, 1.165) is 15.6 Å². The maximum atomic E-state index is 12.5. The van der Waals surface area contributed by atoms with E-state index in [2.05, 4.69) is 15.9 Å². The first-order chi connectivity index (χ1) is 8.99. The lowest BCUT2D eigenvalue weighted by atomic mass is 10.1. The number of nitrogens with zero attached hydrogens (tertiary/aromatic N) is 1. The number of rotatable bonds is 2. The van der Waals surface area contributed by atoms with E-state index in [-0.39, 0.29) is 18.1 Å². The maximum Gasteiger partial charge on any atom is 0.254 e. The van der Waals surface area contributed by atoms with Crippen LogP contribution in [0.3, 0.4) is 0 Å². The molecule has 1 aliphatic rings. The fourth-order valence-electron chi connectivity index (χ4n) is 2.22. The van der Waals surface area contributed by atoms with Gasteiger partial charge in [-0.25, -0.2) is 0 Å². The summed E-state index contributed by atoms with van der Waals surface area (Å²) in [7, 11) is 0. The van der Waals surface area contributed by atoms with Crippen LogP contribution in [0.15, 0.2) is 22.7 Å². The number of carbonyl (C=O) groups excluding carboxylic acids is 1. The lowest BCUT2D eigenvalue weighted by molar-refractivity contribution is -0.0300. The molecule has 1 aromatic carbocycles. The van der Waals surface area contributed by atoms with Crippen LogP contribution in [0.1, 0.15) is 22.8 Å². The molecule has 19 heavy (non-hydrogen) atoms. The third kappa shape index (κ3) is 3.35. The fraction of sp³-hybridized carbons (Fsp3) is 0.500. The topological polar surface area (TPSA) is 55.6 Å². The summed E-state index contributed by atoms with van der Waals surface area (Å²) in [6.07, 6.45) is -0.0755. The van der Waals surface area contributed by atoms with Crippen LogP contribution < -0.4 is 5.73 Å². The number of amides is 1. The number of hydrogen-bond acceptors (Lipinski definition) is 3. The number of ether oxygens (including phenoxy) is 1. The van der Waals surface area contributed by atoms with Gasteiger partial charge in [-0.2, -0.15) is 0 Å². The average molecular weight is 327 g/mol. The SMILES string of the molecule is Cc1cc(Br)ccc1C(=O)N1CCOC(C(C)N)C1. The maximum absolute atomic E-state index is 12.5.